The summed E-state index contributed by atoms with van der Waals surface area (Å²) in [5.41, 5.74) is 1.93. The minimum Gasteiger partial charge on any atom is -0.491 e. The van der Waals surface area contributed by atoms with Crippen LogP contribution in [-0.2, 0) is 6.54 Å². The zero-order chi connectivity index (χ0) is 15.5. The SMILES string of the molecule is CC(C)Oc1cccc(-c2ocnc2CNC(C)(C)C)c1. The quantitative estimate of drug-likeness (QED) is 0.902. The lowest BCUT2D eigenvalue weighted by Crippen LogP contribution is -2.35. The molecule has 1 N–H and O–H groups in total. The van der Waals surface area contributed by atoms with E-state index in [9.17, 15) is 0 Å². The van der Waals surface area contributed by atoms with Gasteiger partial charge in [0, 0.05) is 17.6 Å². The number of hydrogen-bond donors (Lipinski definition) is 1. The fourth-order valence-corrected chi connectivity index (χ4v) is 1.96. The Morgan fingerprint density at radius 1 is 1.29 bits per heavy atom. The average Bonchev–Trinajstić information content (AvgIpc) is 2.83. The summed E-state index contributed by atoms with van der Waals surface area (Å²) in [6, 6.07) is 7.92. The van der Waals surface area contributed by atoms with Crippen LogP contribution < -0.4 is 10.1 Å². The maximum atomic E-state index is 5.73. The van der Waals surface area contributed by atoms with Gasteiger partial charge in [0.2, 0.25) is 0 Å². The van der Waals surface area contributed by atoms with Crippen LogP contribution in [0.3, 0.4) is 0 Å². The first-order valence-electron chi connectivity index (χ1n) is 7.29. The molecule has 1 aromatic heterocycles. The van der Waals surface area contributed by atoms with E-state index in [-0.39, 0.29) is 11.6 Å². The molecule has 0 saturated heterocycles. The molecule has 0 spiro atoms. The van der Waals surface area contributed by atoms with Crippen LogP contribution >= 0.6 is 0 Å². The number of hydrogen-bond acceptors (Lipinski definition) is 4. The van der Waals surface area contributed by atoms with Crippen molar-refractivity contribution in [2.24, 2.45) is 0 Å². The number of nitrogens with one attached hydrogen (secondary N) is 1. The number of nitrogens with zero attached hydrogens (tertiary/aromatic N) is 1. The molecule has 0 aliphatic heterocycles. The Morgan fingerprint density at radius 3 is 2.71 bits per heavy atom. The topological polar surface area (TPSA) is 47.3 Å². The Kier molecular flexibility index (Phi) is 4.68. The maximum absolute atomic E-state index is 5.73. The molecule has 4 heteroatoms. The van der Waals surface area contributed by atoms with E-state index < -0.39 is 0 Å². The molecule has 0 unspecified atom stereocenters. The van der Waals surface area contributed by atoms with Crippen LogP contribution in [0.1, 0.15) is 40.3 Å². The van der Waals surface area contributed by atoms with E-state index in [0.29, 0.717) is 6.54 Å². The third-order valence-corrected chi connectivity index (χ3v) is 2.90. The highest BCUT2D eigenvalue weighted by Crippen LogP contribution is 2.27. The standard InChI is InChI=1S/C17H24N2O2/c1-12(2)21-14-8-6-7-13(9-14)16-15(18-11-20-16)10-19-17(3,4)5/h6-9,11-12,19H,10H2,1-5H3. The molecule has 0 atom stereocenters. The number of aromatic nitrogens is 1. The summed E-state index contributed by atoms with van der Waals surface area (Å²) in [6.07, 6.45) is 1.64. The van der Waals surface area contributed by atoms with Gasteiger partial charge in [-0.25, -0.2) is 4.98 Å². The van der Waals surface area contributed by atoms with Gasteiger partial charge in [-0.3, -0.25) is 0 Å². The van der Waals surface area contributed by atoms with Crippen molar-refractivity contribution >= 4 is 0 Å². The van der Waals surface area contributed by atoms with Crippen LogP contribution in [0.4, 0.5) is 0 Å². The van der Waals surface area contributed by atoms with Crippen LogP contribution in [-0.4, -0.2) is 16.6 Å². The van der Waals surface area contributed by atoms with Crippen molar-refractivity contribution < 1.29 is 9.15 Å². The molecule has 2 rings (SSSR count). The summed E-state index contributed by atoms with van der Waals surface area (Å²) in [5, 5.41) is 3.43. The zero-order valence-electron chi connectivity index (χ0n) is 13.4. The largest absolute Gasteiger partial charge is 0.491 e. The van der Waals surface area contributed by atoms with Gasteiger partial charge in [-0.1, -0.05) is 12.1 Å². The molecular formula is C17H24N2O2. The minimum atomic E-state index is 0.0405. The Bertz CT molecular complexity index is 582. The van der Waals surface area contributed by atoms with Crippen molar-refractivity contribution in [3.63, 3.8) is 0 Å². The van der Waals surface area contributed by atoms with Crippen molar-refractivity contribution in [1.82, 2.24) is 10.3 Å². The number of benzene rings is 1. The molecule has 0 radical (unpaired) electrons. The summed E-state index contributed by atoms with van der Waals surface area (Å²) < 4.78 is 11.3. The molecule has 0 aliphatic carbocycles. The highest BCUT2D eigenvalue weighted by atomic mass is 16.5. The normalized spacial score (nSPS) is 11.9. The van der Waals surface area contributed by atoms with Gasteiger partial charge in [-0.05, 0) is 46.8 Å². The van der Waals surface area contributed by atoms with E-state index in [1.807, 2.05) is 38.1 Å². The fourth-order valence-electron chi connectivity index (χ4n) is 1.96. The lowest BCUT2D eigenvalue weighted by Gasteiger charge is -2.19. The molecule has 1 heterocycles. The van der Waals surface area contributed by atoms with E-state index in [2.05, 4.69) is 31.1 Å². The Labute approximate surface area is 126 Å². The van der Waals surface area contributed by atoms with Gasteiger partial charge in [-0.15, -0.1) is 0 Å². The monoisotopic (exact) mass is 288 g/mol. The van der Waals surface area contributed by atoms with Crippen molar-refractivity contribution in [3.8, 4) is 17.1 Å². The van der Waals surface area contributed by atoms with Crippen molar-refractivity contribution in [2.45, 2.75) is 52.8 Å². The van der Waals surface area contributed by atoms with E-state index in [1.54, 1.807) is 0 Å². The maximum Gasteiger partial charge on any atom is 0.181 e. The molecule has 0 fully saturated rings. The summed E-state index contributed by atoms with van der Waals surface area (Å²) >= 11 is 0. The Balaban J connectivity index is 2.20. The second kappa shape index (κ2) is 6.31. The Hall–Kier alpha value is -1.81. The summed E-state index contributed by atoms with van der Waals surface area (Å²) in [5.74, 6) is 1.63. The van der Waals surface area contributed by atoms with Crippen LogP contribution in [0.15, 0.2) is 35.1 Å². The molecule has 0 aliphatic rings. The first-order valence-corrected chi connectivity index (χ1v) is 7.29. The molecule has 21 heavy (non-hydrogen) atoms. The van der Waals surface area contributed by atoms with E-state index in [1.165, 1.54) is 6.39 Å². The third-order valence-electron chi connectivity index (χ3n) is 2.90. The molecule has 2 aromatic rings. The van der Waals surface area contributed by atoms with Crippen LogP contribution in [0.2, 0.25) is 0 Å². The van der Waals surface area contributed by atoms with Crippen LogP contribution in [0, 0.1) is 0 Å². The number of oxazole rings is 1. The van der Waals surface area contributed by atoms with E-state index in [4.69, 9.17) is 9.15 Å². The first-order chi connectivity index (χ1) is 9.85. The van der Waals surface area contributed by atoms with Crippen molar-refractivity contribution in [1.29, 1.82) is 0 Å². The van der Waals surface area contributed by atoms with Crippen molar-refractivity contribution in [2.75, 3.05) is 0 Å². The second-order valence-electron chi connectivity index (χ2n) is 6.43. The molecule has 4 nitrogen and oxygen atoms in total. The van der Waals surface area contributed by atoms with Gasteiger partial charge in [0.05, 0.1) is 6.10 Å². The summed E-state index contributed by atoms with van der Waals surface area (Å²) in [7, 11) is 0. The lowest BCUT2D eigenvalue weighted by molar-refractivity contribution is 0.242. The van der Waals surface area contributed by atoms with Gasteiger partial charge in [-0.2, -0.15) is 0 Å². The second-order valence-corrected chi connectivity index (χ2v) is 6.43. The van der Waals surface area contributed by atoms with Gasteiger partial charge in [0.25, 0.3) is 0 Å². The van der Waals surface area contributed by atoms with E-state index in [0.717, 1.165) is 22.8 Å². The van der Waals surface area contributed by atoms with Gasteiger partial charge in [0.15, 0.2) is 12.2 Å². The molecule has 0 bridgehead atoms. The van der Waals surface area contributed by atoms with Gasteiger partial charge in [0.1, 0.15) is 11.4 Å². The summed E-state index contributed by atoms with van der Waals surface area (Å²) in [4.78, 5) is 4.32. The molecule has 1 aromatic carbocycles. The predicted molar refractivity (Wildman–Crippen MR) is 84.3 cm³/mol. The highest BCUT2D eigenvalue weighted by molar-refractivity contribution is 5.61. The average molecular weight is 288 g/mol. The highest BCUT2D eigenvalue weighted by Gasteiger charge is 2.15. The molecule has 0 saturated carbocycles. The van der Waals surface area contributed by atoms with E-state index >= 15 is 0 Å². The van der Waals surface area contributed by atoms with Gasteiger partial charge < -0.3 is 14.5 Å². The minimum absolute atomic E-state index is 0.0405. The smallest absolute Gasteiger partial charge is 0.181 e. The third kappa shape index (κ3) is 4.60. The lowest BCUT2D eigenvalue weighted by atomic mass is 10.1. The predicted octanol–water partition coefficient (Wildman–Crippen LogP) is 4.02. The molecule has 114 valence electrons. The summed E-state index contributed by atoms with van der Waals surface area (Å²) in [6.45, 7) is 11.1. The first kappa shape index (κ1) is 15.6. The zero-order valence-corrected chi connectivity index (χ0v) is 13.4. The number of ether oxygens (including phenoxy) is 1. The van der Waals surface area contributed by atoms with Gasteiger partial charge >= 0.3 is 0 Å². The van der Waals surface area contributed by atoms with Crippen molar-refractivity contribution in [3.05, 3.63) is 36.4 Å². The molecule has 0 amide bonds. The van der Waals surface area contributed by atoms with Crippen LogP contribution in [0.25, 0.3) is 11.3 Å². The van der Waals surface area contributed by atoms with Crippen LogP contribution in [0.5, 0.6) is 5.75 Å². The molecular weight excluding hydrogens is 264 g/mol. The number of rotatable bonds is 5. The Morgan fingerprint density at radius 2 is 2.05 bits per heavy atom. The fraction of sp³-hybridized carbons (Fsp3) is 0.471.